The van der Waals surface area contributed by atoms with Crippen LogP contribution >= 0.6 is 11.6 Å². The van der Waals surface area contributed by atoms with Crippen molar-refractivity contribution in [2.45, 2.75) is 50.3 Å². The molecule has 6 nitrogen and oxygen atoms in total. The minimum absolute atomic E-state index is 0.211. The van der Waals surface area contributed by atoms with E-state index in [9.17, 15) is 4.79 Å². The first-order chi connectivity index (χ1) is 14.2. The number of anilines is 3. The van der Waals surface area contributed by atoms with Gasteiger partial charge in [0.25, 0.3) is 0 Å². The highest BCUT2D eigenvalue weighted by Crippen LogP contribution is 2.42. The Labute approximate surface area is 176 Å². The minimum Gasteiger partial charge on any atom is -0.370 e. The molecule has 29 heavy (non-hydrogen) atoms. The average Bonchev–Trinajstić information content (AvgIpc) is 3.52. The number of nitrogens with one attached hydrogen (secondary N) is 3. The van der Waals surface area contributed by atoms with E-state index in [-0.39, 0.29) is 11.8 Å². The number of alkyl halides is 1. The molecule has 0 spiro atoms. The van der Waals surface area contributed by atoms with Gasteiger partial charge in [0, 0.05) is 42.3 Å². The van der Waals surface area contributed by atoms with Gasteiger partial charge in [0.05, 0.1) is 0 Å². The number of amides is 1. The summed E-state index contributed by atoms with van der Waals surface area (Å²) in [5.41, 5.74) is 3.16. The fourth-order valence-electron chi connectivity index (χ4n) is 3.47. The molecule has 1 aromatic heterocycles. The van der Waals surface area contributed by atoms with Gasteiger partial charge >= 0.3 is 0 Å². The number of hydrogen-bond donors (Lipinski definition) is 3. The Morgan fingerprint density at radius 3 is 2.76 bits per heavy atom. The van der Waals surface area contributed by atoms with E-state index in [1.54, 1.807) is 0 Å². The molecule has 0 unspecified atom stereocenters. The SMILES string of the molecule is O=C(NCCCNc1nc(Nc2cccc(CCl)c2)ncc1C1CC1)C1CCC1. The zero-order valence-electron chi connectivity index (χ0n) is 16.6. The molecule has 0 aliphatic heterocycles. The molecule has 1 heterocycles. The maximum absolute atomic E-state index is 11.9. The van der Waals surface area contributed by atoms with Gasteiger partial charge in [0.1, 0.15) is 5.82 Å². The van der Waals surface area contributed by atoms with E-state index in [0.29, 0.717) is 24.3 Å². The Bertz CT molecular complexity index is 851. The highest BCUT2D eigenvalue weighted by Gasteiger charge is 2.28. The lowest BCUT2D eigenvalue weighted by Crippen LogP contribution is -2.35. The van der Waals surface area contributed by atoms with Gasteiger partial charge in [-0.3, -0.25) is 4.79 Å². The molecule has 0 atom stereocenters. The van der Waals surface area contributed by atoms with Crippen LogP contribution in [0.25, 0.3) is 0 Å². The third kappa shape index (κ3) is 5.38. The maximum Gasteiger partial charge on any atom is 0.229 e. The summed E-state index contributed by atoms with van der Waals surface area (Å²) in [5, 5.41) is 9.76. The number of hydrogen-bond acceptors (Lipinski definition) is 5. The quantitative estimate of drug-likeness (QED) is 0.393. The fraction of sp³-hybridized carbons (Fsp3) is 0.500. The van der Waals surface area contributed by atoms with Crippen LogP contribution in [0.5, 0.6) is 0 Å². The Morgan fingerprint density at radius 2 is 2.03 bits per heavy atom. The van der Waals surface area contributed by atoms with Gasteiger partial charge in [0.15, 0.2) is 0 Å². The van der Waals surface area contributed by atoms with Crippen LogP contribution in [-0.4, -0.2) is 29.0 Å². The Morgan fingerprint density at radius 1 is 1.17 bits per heavy atom. The van der Waals surface area contributed by atoms with Crippen LogP contribution in [0.2, 0.25) is 0 Å². The van der Waals surface area contributed by atoms with Crippen LogP contribution in [0.1, 0.15) is 55.6 Å². The van der Waals surface area contributed by atoms with Crippen LogP contribution in [0, 0.1) is 5.92 Å². The van der Waals surface area contributed by atoms with E-state index < -0.39 is 0 Å². The molecular weight excluding hydrogens is 386 g/mol. The molecule has 4 rings (SSSR count). The molecule has 0 saturated heterocycles. The van der Waals surface area contributed by atoms with Crippen LogP contribution in [0.15, 0.2) is 30.5 Å². The summed E-state index contributed by atoms with van der Waals surface area (Å²) in [6.45, 7) is 1.46. The van der Waals surface area contributed by atoms with Gasteiger partial charge in [-0.2, -0.15) is 4.98 Å². The summed E-state index contributed by atoms with van der Waals surface area (Å²) in [6, 6.07) is 7.94. The van der Waals surface area contributed by atoms with E-state index in [1.165, 1.54) is 24.8 Å². The maximum atomic E-state index is 11.9. The van der Waals surface area contributed by atoms with Crippen molar-refractivity contribution in [1.29, 1.82) is 0 Å². The first-order valence-electron chi connectivity index (χ1n) is 10.5. The van der Waals surface area contributed by atoms with Crippen molar-refractivity contribution >= 4 is 35.0 Å². The zero-order valence-corrected chi connectivity index (χ0v) is 17.3. The molecule has 0 radical (unpaired) electrons. The third-order valence-corrected chi connectivity index (χ3v) is 5.90. The molecule has 2 aromatic rings. The van der Waals surface area contributed by atoms with Crippen molar-refractivity contribution in [3.05, 3.63) is 41.6 Å². The van der Waals surface area contributed by atoms with Crippen molar-refractivity contribution in [3.63, 3.8) is 0 Å². The van der Waals surface area contributed by atoms with Crippen LogP contribution < -0.4 is 16.0 Å². The van der Waals surface area contributed by atoms with Crippen LogP contribution in [0.4, 0.5) is 17.5 Å². The van der Waals surface area contributed by atoms with E-state index in [0.717, 1.165) is 42.9 Å². The van der Waals surface area contributed by atoms with Gasteiger partial charge < -0.3 is 16.0 Å². The van der Waals surface area contributed by atoms with Crippen molar-refractivity contribution in [2.75, 3.05) is 23.7 Å². The number of carbonyl (C=O) groups excluding carboxylic acids is 1. The van der Waals surface area contributed by atoms with Gasteiger partial charge in [0.2, 0.25) is 11.9 Å². The molecule has 1 amide bonds. The van der Waals surface area contributed by atoms with E-state index >= 15 is 0 Å². The summed E-state index contributed by atoms with van der Waals surface area (Å²) in [5.74, 6) is 2.95. The van der Waals surface area contributed by atoms with Gasteiger partial charge in [-0.25, -0.2) is 4.98 Å². The van der Waals surface area contributed by atoms with E-state index in [4.69, 9.17) is 16.6 Å². The first kappa shape index (κ1) is 20.0. The predicted octanol–water partition coefficient (Wildman–Crippen LogP) is 4.55. The number of aromatic nitrogens is 2. The Balaban J connectivity index is 1.33. The van der Waals surface area contributed by atoms with Crippen molar-refractivity contribution in [1.82, 2.24) is 15.3 Å². The van der Waals surface area contributed by atoms with E-state index in [1.807, 2.05) is 30.5 Å². The summed E-state index contributed by atoms with van der Waals surface area (Å²) in [6.07, 6.45) is 8.45. The summed E-state index contributed by atoms with van der Waals surface area (Å²) in [7, 11) is 0. The fourth-order valence-corrected chi connectivity index (χ4v) is 3.64. The molecular formula is C22H28ClN5O. The van der Waals surface area contributed by atoms with Crippen molar-refractivity contribution < 1.29 is 4.79 Å². The van der Waals surface area contributed by atoms with E-state index in [2.05, 4.69) is 20.9 Å². The number of halogens is 1. The lowest BCUT2D eigenvalue weighted by Gasteiger charge is -2.24. The highest BCUT2D eigenvalue weighted by molar-refractivity contribution is 6.17. The summed E-state index contributed by atoms with van der Waals surface area (Å²) >= 11 is 5.93. The Kier molecular flexibility index (Phi) is 6.49. The second-order valence-corrected chi connectivity index (χ2v) is 8.20. The molecule has 154 valence electrons. The molecule has 1 aromatic carbocycles. The highest BCUT2D eigenvalue weighted by atomic mass is 35.5. The molecule has 2 aliphatic carbocycles. The summed E-state index contributed by atoms with van der Waals surface area (Å²) < 4.78 is 0. The normalized spacial score (nSPS) is 16.2. The molecule has 7 heteroatoms. The average molecular weight is 414 g/mol. The van der Waals surface area contributed by atoms with Crippen LogP contribution in [0.3, 0.4) is 0 Å². The zero-order chi connectivity index (χ0) is 20.1. The number of carbonyl (C=O) groups is 1. The smallest absolute Gasteiger partial charge is 0.229 e. The van der Waals surface area contributed by atoms with Crippen molar-refractivity contribution in [2.24, 2.45) is 5.92 Å². The van der Waals surface area contributed by atoms with Crippen molar-refractivity contribution in [3.8, 4) is 0 Å². The molecule has 2 saturated carbocycles. The third-order valence-electron chi connectivity index (χ3n) is 5.59. The second kappa shape index (κ2) is 9.44. The molecule has 3 N–H and O–H groups in total. The first-order valence-corrected chi connectivity index (χ1v) is 11.1. The predicted molar refractivity (Wildman–Crippen MR) is 117 cm³/mol. The number of nitrogens with zero attached hydrogens (tertiary/aromatic N) is 2. The second-order valence-electron chi connectivity index (χ2n) is 7.93. The topological polar surface area (TPSA) is 78.9 Å². The van der Waals surface area contributed by atoms with Crippen LogP contribution in [-0.2, 0) is 10.7 Å². The standard InChI is InChI=1S/C22H28ClN5O/c23-13-15-4-1-7-18(12-15)27-22-26-14-19(16-8-9-16)20(28-22)24-10-3-11-25-21(29)17-5-2-6-17/h1,4,7,12,14,16-17H,2-3,5-6,8-11,13H2,(H,25,29)(H2,24,26,27,28). The lowest BCUT2D eigenvalue weighted by molar-refractivity contribution is -0.127. The van der Waals surface area contributed by atoms with Gasteiger partial charge in [-0.1, -0.05) is 18.6 Å². The Hall–Kier alpha value is -2.34. The van der Waals surface area contributed by atoms with Gasteiger partial charge in [-0.15, -0.1) is 11.6 Å². The van der Waals surface area contributed by atoms with Gasteiger partial charge in [-0.05, 0) is 55.7 Å². The molecule has 0 bridgehead atoms. The molecule has 2 aliphatic rings. The monoisotopic (exact) mass is 413 g/mol. The number of benzene rings is 1. The largest absolute Gasteiger partial charge is 0.370 e. The molecule has 2 fully saturated rings. The number of rotatable bonds is 10. The summed E-state index contributed by atoms with van der Waals surface area (Å²) in [4.78, 5) is 21.1. The lowest BCUT2D eigenvalue weighted by atomic mass is 9.85. The minimum atomic E-state index is 0.211.